The maximum Gasteiger partial charge on any atom is 0.331 e. The predicted molar refractivity (Wildman–Crippen MR) is 133 cm³/mol. The highest BCUT2D eigenvalue weighted by Crippen LogP contribution is 2.69. The van der Waals surface area contributed by atoms with Crippen LogP contribution >= 0.6 is 0 Å². The zero-order chi connectivity index (χ0) is 27.1. The smallest absolute Gasteiger partial charge is 0.331 e. The van der Waals surface area contributed by atoms with Crippen molar-refractivity contribution in [2.75, 3.05) is 6.61 Å². The lowest BCUT2D eigenvalue weighted by Gasteiger charge is -2.63. The molecular weight excluding hydrogens is 492 g/mol. The van der Waals surface area contributed by atoms with E-state index in [1.165, 1.54) is 0 Å². The molecule has 2 heterocycles. The summed E-state index contributed by atoms with van der Waals surface area (Å²) >= 11 is 0. The molecule has 210 valence electrons. The molecule has 38 heavy (non-hydrogen) atoms. The molecule has 0 bridgehead atoms. The Morgan fingerprint density at radius 2 is 1.92 bits per heavy atom. The third-order valence-corrected chi connectivity index (χ3v) is 11.4. The molecule has 0 amide bonds. The molecule has 12 atom stereocenters. The molecule has 1 saturated heterocycles. The number of fused-ring (bicyclic) bond motifs is 5. The van der Waals surface area contributed by atoms with Crippen LogP contribution in [0.2, 0.25) is 0 Å². The van der Waals surface area contributed by atoms with Crippen LogP contribution in [0.3, 0.4) is 0 Å². The standard InChI is InChI=1S/C29H40O9/c1-16-25(33)22(31)12-24(37-16)38-18-3-8-27(15-30)20-4-7-26(2)19(17-11-23(32)36-14-17)6-10-29(26,35)21(20)5-9-28(27,34)13-18/h5,9,11,15-16,18-22,24-25,31,33-35H,3-4,6-8,10,12-14H2,1-2H3/t16?,18-,19-,20-,21+,22?,24?,25?,26+,27-,28-,29-/m0/s1. The zero-order valence-corrected chi connectivity index (χ0v) is 22.1. The Morgan fingerprint density at radius 3 is 2.61 bits per heavy atom. The first-order valence-corrected chi connectivity index (χ1v) is 14.1. The molecule has 9 nitrogen and oxygen atoms in total. The van der Waals surface area contributed by atoms with Crippen LogP contribution in [0.25, 0.3) is 0 Å². The van der Waals surface area contributed by atoms with Gasteiger partial charge in [0.15, 0.2) is 6.29 Å². The maximum atomic E-state index is 12.9. The summed E-state index contributed by atoms with van der Waals surface area (Å²) in [4.78, 5) is 24.7. The van der Waals surface area contributed by atoms with Gasteiger partial charge in [0.05, 0.1) is 34.9 Å². The molecule has 4 fully saturated rings. The minimum atomic E-state index is -1.42. The quantitative estimate of drug-likeness (QED) is 0.241. The van der Waals surface area contributed by atoms with Gasteiger partial charge in [0.2, 0.25) is 0 Å². The molecule has 0 radical (unpaired) electrons. The number of carbonyl (C=O) groups is 2. The van der Waals surface area contributed by atoms with Crippen LogP contribution in [-0.4, -0.2) is 81.2 Å². The van der Waals surface area contributed by atoms with Crippen molar-refractivity contribution in [1.29, 1.82) is 0 Å². The summed E-state index contributed by atoms with van der Waals surface area (Å²) in [5, 5.41) is 44.4. The highest BCUT2D eigenvalue weighted by molar-refractivity contribution is 5.85. The molecule has 6 aliphatic rings. The van der Waals surface area contributed by atoms with Gasteiger partial charge in [0, 0.05) is 30.3 Å². The van der Waals surface area contributed by atoms with Gasteiger partial charge in [-0.3, -0.25) is 0 Å². The summed E-state index contributed by atoms with van der Waals surface area (Å²) in [6.45, 7) is 4.06. The van der Waals surface area contributed by atoms with Crippen LogP contribution in [0, 0.1) is 28.6 Å². The van der Waals surface area contributed by atoms with Crippen molar-refractivity contribution in [3.05, 3.63) is 23.8 Å². The molecule has 0 aromatic rings. The fourth-order valence-electron chi connectivity index (χ4n) is 9.17. The molecule has 4 unspecified atom stereocenters. The molecule has 0 spiro atoms. The Morgan fingerprint density at radius 1 is 1.13 bits per heavy atom. The first-order valence-electron chi connectivity index (χ1n) is 14.1. The number of hydrogen-bond acceptors (Lipinski definition) is 9. The maximum absolute atomic E-state index is 12.9. The second-order valence-electron chi connectivity index (χ2n) is 12.9. The Bertz CT molecular complexity index is 1040. The van der Waals surface area contributed by atoms with Crippen LogP contribution < -0.4 is 0 Å². The number of aliphatic hydroxyl groups excluding tert-OH is 2. The first kappa shape index (κ1) is 26.6. The monoisotopic (exact) mass is 532 g/mol. The van der Waals surface area contributed by atoms with Crippen LogP contribution in [0.4, 0.5) is 0 Å². The summed E-state index contributed by atoms with van der Waals surface area (Å²) in [5.41, 5.74) is -3.03. The molecule has 3 saturated carbocycles. The molecule has 2 aliphatic heterocycles. The molecule has 0 aromatic heterocycles. The largest absolute Gasteiger partial charge is 0.458 e. The summed E-state index contributed by atoms with van der Waals surface area (Å²) in [6, 6.07) is 0. The number of hydrogen-bond donors (Lipinski definition) is 4. The number of aliphatic hydroxyl groups is 4. The Hall–Kier alpha value is -1.62. The summed E-state index contributed by atoms with van der Waals surface area (Å²) in [7, 11) is 0. The molecular formula is C29H40O9. The highest BCUT2D eigenvalue weighted by Gasteiger charge is 2.70. The van der Waals surface area contributed by atoms with Gasteiger partial charge in [-0.25, -0.2) is 4.79 Å². The fraction of sp³-hybridized carbons (Fsp3) is 0.793. The van der Waals surface area contributed by atoms with E-state index in [1.54, 1.807) is 19.1 Å². The number of ether oxygens (including phenoxy) is 3. The van der Waals surface area contributed by atoms with E-state index < -0.39 is 46.6 Å². The van der Waals surface area contributed by atoms with Gasteiger partial charge < -0.3 is 39.4 Å². The molecule has 6 rings (SSSR count). The second-order valence-corrected chi connectivity index (χ2v) is 12.9. The van der Waals surface area contributed by atoms with Gasteiger partial charge in [-0.15, -0.1) is 0 Å². The number of rotatable bonds is 4. The summed E-state index contributed by atoms with van der Waals surface area (Å²) < 4.78 is 17.1. The van der Waals surface area contributed by atoms with Crippen LogP contribution in [0.5, 0.6) is 0 Å². The van der Waals surface area contributed by atoms with Crippen molar-refractivity contribution in [3.63, 3.8) is 0 Å². The minimum absolute atomic E-state index is 0.0391. The van der Waals surface area contributed by atoms with Crippen molar-refractivity contribution in [2.24, 2.45) is 28.6 Å². The third-order valence-electron chi connectivity index (χ3n) is 11.4. The van der Waals surface area contributed by atoms with Crippen molar-refractivity contribution in [1.82, 2.24) is 0 Å². The summed E-state index contributed by atoms with van der Waals surface area (Å²) in [5.74, 6) is -0.789. The Labute approximate surface area is 222 Å². The van der Waals surface area contributed by atoms with Crippen LogP contribution in [-0.2, 0) is 23.8 Å². The topological polar surface area (TPSA) is 143 Å². The van der Waals surface area contributed by atoms with Crippen LogP contribution in [0.1, 0.15) is 65.2 Å². The fourth-order valence-corrected chi connectivity index (χ4v) is 9.17. The van der Waals surface area contributed by atoms with E-state index in [9.17, 15) is 30.0 Å². The van der Waals surface area contributed by atoms with Gasteiger partial charge in [0.25, 0.3) is 0 Å². The lowest BCUT2D eigenvalue weighted by molar-refractivity contribution is -0.274. The van der Waals surface area contributed by atoms with Gasteiger partial charge in [0.1, 0.15) is 19.0 Å². The molecule has 4 aliphatic carbocycles. The SMILES string of the molecule is CC1OC(O[C@H]2CC[C@]3(C=O)[C@H]4CC[C@]5(C)[C@H](C6=CC(=O)OC6)CC[C@]5(O)[C@@H]4C=C[C@]3(O)C2)CC(O)C1O. The van der Waals surface area contributed by atoms with E-state index in [1.807, 2.05) is 6.08 Å². The van der Waals surface area contributed by atoms with Gasteiger partial charge in [-0.1, -0.05) is 19.1 Å². The average molecular weight is 533 g/mol. The number of esters is 1. The van der Waals surface area contributed by atoms with Crippen molar-refractivity contribution >= 4 is 12.3 Å². The average Bonchev–Trinajstić information content (AvgIpc) is 3.41. The normalized spacial score (nSPS) is 53.9. The lowest BCUT2D eigenvalue weighted by Crippen LogP contribution is -2.67. The molecule has 4 N–H and O–H groups in total. The van der Waals surface area contributed by atoms with Crippen molar-refractivity contribution in [3.8, 4) is 0 Å². The first-order chi connectivity index (χ1) is 18.0. The number of cyclic esters (lactones) is 1. The van der Waals surface area contributed by atoms with Crippen molar-refractivity contribution in [2.45, 2.75) is 107 Å². The second kappa shape index (κ2) is 8.94. The van der Waals surface area contributed by atoms with E-state index >= 15 is 0 Å². The lowest BCUT2D eigenvalue weighted by atomic mass is 9.43. The number of aldehydes is 1. The summed E-state index contributed by atoms with van der Waals surface area (Å²) in [6.07, 6.45) is 6.58. The molecule has 0 aromatic carbocycles. The van der Waals surface area contributed by atoms with Gasteiger partial charge in [-0.2, -0.15) is 0 Å². The van der Waals surface area contributed by atoms with E-state index in [-0.39, 0.29) is 49.3 Å². The van der Waals surface area contributed by atoms with Crippen molar-refractivity contribution < 1.29 is 44.2 Å². The predicted octanol–water partition coefficient (Wildman–Crippen LogP) is 1.56. The van der Waals surface area contributed by atoms with E-state index in [0.29, 0.717) is 32.1 Å². The Kier molecular flexibility index (Phi) is 6.26. The Balaban J connectivity index is 1.25. The van der Waals surface area contributed by atoms with Gasteiger partial charge in [-0.05, 0) is 62.9 Å². The minimum Gasteiger partial charge on any atom is -0.458 e. The highest BCUT2D eigenvalue weighted by atomic mass is 16.7. The number of carbonyl (C=O) groups excluding carboxylic acids is 2. The van der Waals surface area contributed by atoms with E-state index in [2.05, 4.69) is 6.92 Å². The third kappa shape index (κ3) is 3.58. The van der Waals surface area contributed by atoms with E-state index in [0.717, 1.165) is 18.3 Å². The molecule has 9 heteroatoms. The van der Waals surface area contributed by atoms with Crippen LogP contribution in [0.15, 0.2) is 23.8 Å². The van der Waals surface area contributed by atoms with E-state index in [4.69, 9.17) is 14.2 Å². The zero-order valence-electron chi connectivity index (χ0n) is 22.1. The van der Waals surface area contributed by atoms with Gasteiger partial charge >= 0.3 is 5.97 Å².